The van der Waals surface area contributed by atoms with Crippen molar-refractivity contribution in [3.63, 3.8) is 0 Å². The smallest absolute Gasteiger partial charge is 0.389 e. The van der Waals surface area contributed by atoms with Gasteiger partial charge >= 0.3 is 6.18 Å². The molecule has 2 N–H and O–H groups in total. The van der Waals surface area contributed by atoms with E-state index < -0.39 is 18.6 Å². The monoisotopic (exact) mass is 259 g/mol. The van der Waals surface area contributed by atoms with Crippen LogP contribution in [0.15, 0.2) is 18.2 Å². The summed E-state index contributed by atoms with van der Waals surface area (Å²) in [5.74, 6) is 0.693. The summed E-state index contributed by atoms with van der Waals surface area (Å²) in [5.41, 5.74) is 7.58. The molecule has 0 aliphatic carbocycles. The van der Waals surface area contributed by atoms with E-state index in [1.54, 1.807) is 6.07 Å². The molecule has 1 aliphatic heterocycles. The van der Waals surface area contributed by atoms with Crippen molar-refractivity contribution in [3.8, 4) is 5.75 Å². The van der Waals surface area contributed by atoms with Gasteiger partial charge < -0.3 is 10.5 Å². The molecule has 0 bridgehead atoms. The molecule has 1 aromatic rings. The number of para-hydroxylation sites is 1. The summed E-state index contributed by atoms with van der Waals surface area (Å²) in [4.78, 5) is 0. The Morgan fingerprint density at radius 3 is 2.83 bits per heavy atom. The van der Waals surface area contributed by atoms with Crippen LogP contribution >= 0.6 is 0 Å². The molecule has 0 saturated heterocycles. The van der Waals surface area contributed by atoms with E-state index in [1.165, 1.54) is 0 Å². The maximum Gasteiger partial charge on any atom is 0.389 e. The Hall–Kier alpha value is -1.23. The van der Waals surface area contributed by atoms with E-state index in [9.17, 15) is 13.2 Å². The first-order valence-electron chi connectivity index (χ1n) is 6.04. The van der Waals surface area contributed by atoms with Gasteiger partial charge in [-0.05, 0) is 24.8 Å². The largest absolute Gasteiger partial charge is 0.493 e. The van der Waals surface area contributed by atoms with E-state index in [2.05, 4.69) is 0 Å². The zero-order chi connectivity index (χ0) is 13.2. The summed E-state index contributed by atoms with van der Waals surface area (Å²) >= 11 is 0. The van der Waals surface area contributed by atoms with Gasteiger partial charge in [0.15, 0.2) is 0 Å². The standard InChI is InChI=1S/C13H16F3NO/c14-13(15,16)7-6-11(17)10-5-1-3-9-4-2-8-18-12(9)10/h1,3,5,11H,2,4,6-8,17H2. The van der Waals surface area contributed by atoms with Crippen molar-refractivity contribution in [1.29, 1.82) is 0 Å². The highest BCUT2D eigenvalue weighted by atomic mass is 19.4. The third-order valence-corrected chi connectivity index (χ3v) is 3.10. The van der Waals surface area contributed by atoms with Gasteiger partial charge in [0, 0.05) is 18.0 Å². The van der Waals surface area contributed by atoms with E-state index in [-0.39, 0.29) is 6.42 Å². The highest BCUT2D eigenvalue weighted by molar-refractivity contribution is 5.44. The van der Waals surface area contributed by atoms with Crippen molar-refractivity contribution in [1.82, 2.24) is 0 Å². The third kappa shape index (κ3) is 3.16. The number of ether oxygens (including phenoxy) is 1. The average Bonchev–Trinajstić information content (AvgIpc) is 2.34. The van der Waals surface area contributed by atoms with Gasteiger partial charge in [0.25, 0.3) is 0 Å². The number of halogens is 3. The second-order valence-electron chi connectivity index (χ2n) is 4.55. The van der Waals surface area contributed by atoms with Gasteiger partial charge in [-0.15, -0.1) is 0 Å². The molecule has 0 aromatic heterocycles. The molecule has 1 atom stereocenters. The van der Waals surface area contributed by atoms with Crippen molar-refractivity contribution in [3.05, 3.63) is 29.3 Å². The fraction of sp³-hybridized carbons (Fsp3) is 0.538. The maximum absolute atomic E-state index is 12.2. The van der Waals surface area contributed by atoms with Crippen LogP contribution in [0.4, 0.5) is 13.2 Å². The molecular formula is C13H16F3NO. The van der Waals surface area contributed by atoms with E-state index in [1.807, 2.05) is 12.1 Å². The first-order chi connectivity index (χ1) is 8.47. The number of nitrogens with two attached hydrogens (primary N) is 1. The lowest BCUT2D eigenvalue weighted by Gasteiger charge is -2.23. The third-order valence-electron chi connectivity index (χ3n) is 3.10. The lowest BCUT2D eigenvalue weighted by molar-refractivity contribution is -0.136. The Kier molecular flexibility index (Phi) is 3.80. The number of rotatable bonds is 3. The summed E-state index contributed by atoms with van der Waals surface area (Å²) in [6, 6.07) is 4.90. The van der Waals surface area contributed by atoms with Crippen LogP contribution < -0.4 is 10.5 Å². The molecule has 0 spiro atoms. The van der Waals surface area contributed by atoms with Crippen LogP contribution in [0.1, 0.15) is 36.4 Å². The van der Waals surface area contributed by atoms with Gasteiger partial charge in [0.05, 0.1) is 6.61 Å². The van der Waals surface area contributed by atoms with Crippen LogP contribution in [0, 0.1) is 0 Å². The second-order valence-corrected chi connectivity index (χ2v) is 4.55. The Morgan fingerprint density at radius 2 is 2.11 bits per heavy atom. The van der Waals surface area contributed by atoms with Gasteiger partial charge in [0.2, 0.25) is 0 Å². The highest BCUT2D eigenvalue weighted by Gasteiger charge is 2.29. The van der Waals surface area contributed by atoms with Crippen LogP contribution in [0.25, 0.3) is 0 Å². The van der Waals surface area contributed by atoms with Crippen molar-refractivity contribution >= 4 is 0 Å². The van der Waals surface area contributed by atoms with Crippen LogP contribution in [-0.2, 0) is 6.42 Å². The molecule has 1 aromatic carbocycles. The number of hydrogen-bond acceptors (Lipinski definition) is 2. The fourth-order valence-corrected chi connectivity index (χ4v) is 2.18. The second kappa shape index (κ2) is 5.18. The fourth-order valence-electron chi connectivity index (χ4n) is 2.18. The lowest BCUT2D eigenvalue weighted by atomic mass is 9.96. The molecule has 2 rings (SSSR count). The van der Waals surface area contributed by atoms with Gasteiger partial charge in [0.1, 0.15) is 5.75 Å². The van der Waals surface area contributed by atoms with E-state index in [0.29, 0.717) is 17.9 Å². The van der Waals surface area contributed by atoms with Crippen molar-refractivity contribution in [2.45, 2.75) is 37.9 Å². The zero-order valence-electron chi connectivity index (χ0n) is 9.96. The summed E-state index contributed by atoms with van der Waals surface area (Å²) in [7, 11) is 0. The Morgan fingerprint density at radius 1 is 1.33 bits per heavy atom. The molecule has 0 amide bonds. The van der Waals surface area contributed by atoms with Crippen LogP contribution in [0.5, 0.6) is 5.75 Å². The summed E-state index contributed by atoms with van der Waals surface area (Å²) in [6.07, 6.45) is -3.29. The minimum atomic E-state index is -4.16. The lowest BCUT2D eigenvalue weighted by Crippen LogP contribution is -2.19. The highest BCUT2D eigenvalue weighted by Crippen LogP contribution is 2.35. The minimum absolute atomic E-state index is 0.108. The van der Waals surface area contributed by atoms with E-state index in [4.69, 9.17) is 10.5 Å². The van der Waals surface area contributed by atoms with Gasteiger partial charge in [-0.25, -0.2) is 0 Å². The molecule has 0 radical (unpaired) electrons. The predicted molar refractivity (Wildman–Crippen MR) is 62.5 cm³/mol. The first-order valence-corrected chi connectivity index (χ1v) is 6.04. The SMILES string of the molecule is NC(CCC(F)(F)F)c1cccc2c1OCCC2. The molecule has 100 valence electrons. The summed E-state index contributed by atoms with van der Waals surface area (Å²) in [5, 5.41) is 0. The Labute approximate surface area is 104 Å². The zero-order valence-corrected chi connectivity index (χ0v) is 9.96. The van der Waals surface area contributed by atoms with Crippen molar-refractivity contribution in [2.24, 2.45) is 5.73 Å². The summed E-state index contributed by atoms with van der Waals surface area (Å²) in [6.45, 7) is 0.607. The predicted octanol–water partition coefficient (Wildman–Crippen LogP) is 3.35. The van der Waals surface area contributed by atoms with Crippen molar-refractivity contribution in [2.75, 3.05) is 6.61 Å². The van der Waals surface area contributed by atoms with Crippen LogP contribution in [0.2, 0.25) is 0 Å². The summed E-state index contributed by atoms with van der Waals surface area (Å²) < 4.78 is 42.1. The van der Waals surface area contributed by atoms with Crippen molar-refractivity contribution < 1.29 is 17.9 Å². The maximum atomic E-state index is 12.2. The molecule has 2 nitrogen and oxygen atoms in total. The number of aryl methyl sites for hydroxylation is 1. The van der Waals surface area contributed by atoms with E-state index >= 15 is 0 Å². The molecular weight excluding hydrogens is 243 g/mol. The average molecular weight is 259 g/mol. The number of hydrogen-bond donors (Lipinski definition) is 1. The van der Waals surface area contributed by atoms with Gasteiger partial charge in [-0.2, -0.15) is 13.2 Å². The molecule has 18 heavy (non-hydrogen) atoms. The Bertz CT molecular complexity index is 417. The number of benzene rings is 1. The molecule has 1 heterocycles. The molecule has 5 heteroatoms. The first kappa shape index (κ1) is 13.2. The molecule has 0 fully saturated rings. The Balaban J connectivity index is 2.12. The minimum Gasteiger partial charge on any atom is -0.493 e. The number of fused-ring (bicyclic) bond motifs is 1. The van der Waals surface area contributed by atoms with Crippen LogP contribution in [-0.4, -0.2) is 12.8 Å². The quantitative estimate of drug-likeness (QED) is 0.903. The molecule has 1 unspecified atom stereocenters. The van der Waals surface area contributed by atoms with E-state index in [0.717, 1.165) is 18.4 Å². The molecule has 1 aliphatic rings. The number of alkyl halides is 3. The topological polar surface area (TPSA) is 35.2 Å². The molecule has 0 saturated carbocycles. The normalized spacial score (nSPS) is 16.9. The van der Waals surface area contributed by atoms with Gasteiger partial charge in [-0.1, -0.05) is 18.2 Å². The van der Waals surface area contributed by atoms with Gasteiger partial charge in [-0.3, -0.25) is 0 Å². The van der Waals surface area contributed by atoms with Crippen LogP contribution in [0.3, 0.4) is 0 Å².